The summed E-state index contributed by atoms with van der Waals surface area (Å²) in [6.45, 7) is 2.20. The zero-order valence-corrected chi connectivity index (χ0v) is 9.52. The maximum Gasteiger partial charge on any atom is 0.0581 e. The first-order valence-electron chi connectivity index (χ1n) is 5.90. The number of unbranched alkanes of at least 4 members (excludes halogenated alkanes) is 3. The lowest BCUT2D eigenvalue weighted by molar-refractivity contribution is 0.161. The summed E-state index contributed by atoms with van der Waals surface area (Å²) >= 11 is 0. The molecule has 0 aliphatic heterocycles. The van der Waals surface area contributed by atoms with E-state index in [1.54, 1.807) is 6.20 Å². The molecule has 1 N–H and O–H groups in total. The van der Waals surface area contributed by atoms with Gasteiger partial charge in [0.05, 0.1) is 6.10 Å². The van der Waals surface area contributed by atoms with Gasteiger partial charge >= 0.3 is 0 Å². The summed E-state index contributed by atoms with van der Waals surface area (Å²) < 4.78 is 0. The third-order valence-electron chi connectivity index (χ3n) is 2.59. The summed E-state index contributed by atoms with van der Waals surface area (Å²) in [5.41, 5.74) is 1.13. The van der Waals surface area contributed by atoms with E-state index in [0.717, 1.165) is 24.8 Å². The highest BCUT2D eigenvalue weighted by atomic mass is 16.3. The zero-order valence-electron chi connectivity index (χ0n) is 9.52. The molecule has 0 amide bonds. The Morgan fingerprint density at radius 1 is 1.33 bits per heavy atom. The Kier molecular flexibility index (Phi) is 6.02. The van der Waals surface area contributed by atoms with Crippen LogP contribution in [0.2, 0.25) is 0 Å². The van der Waals surface area contributed by atoms with Crippen molar-refractivity contribution in [3.63, 3.8) is 0 Å². The summed E-state index contributed by atoms with van der Waals surface area (Å²) in [6.07, 6.45) is 9.93. The lowest BCUT2D eigenvalue weighted by atomic mass is 10.0. The minimum absolute atomic E-state index is 0.203. The predicted octanol–water partition coefficient (Wildman–Crippen LogP) is 2.96. The van der Waals surface area contributed by atoms with Crippen LogP contribution in [0.5, 0.6) is 0 Å². The number of hydrogen-bond donors (Lipinski definition) is 1. The molecule has 84 valence electrons. The first kappa shape index (κ1) is 12.2. The summed E-state index contributed by atoms with van der Waals surface area (Å²) in [5, 5.41) is 9.77. The normalized spacial score (nSPS) is 12.7. The second kappa shape index (κ2) is 7.41. The van der Waals surface area contributed by atoms with Crippen LogP contribution in [0.3, 0.4) is 0 Å². The van der Waals surface area contributed by atoms with Gasteiger partial charge in [0, 0.05) is 12.4 Å². The van der Waals surface area contributed by atoms with Crippen molar-refractivity contribution in [1.29, 1.82) is 0 Å². The van der Waals surface area contributed by atoms with Crippen molar-refractivity contribution in [2.24, 2.45) is 0 Å². The zero-order chi connectivity index (χ0) is 10.9. The van der Waals surface area contributed by atoms with Crippen molar-refractivity contribution in [2.75, 3.05) is 0 Å². The van der Waals surface area contributed by atoms with Gasteiger partial charge in [-0.05, 0) is 24.5 Å². The molecule has 1 atom stereocenters. The molecule has 1 heterocycles. The largest absolute Gasteiger partial charge is 0.393 e. The summed E-state index contributed by atoms with van der Waals surface area (Å²) in [5.74, 6) is 0. The van der Waals surface area contributed by atoms with Crippen LogP contribution in [-0.4, -0.2) is 16.2 Å². The van der Waals surface area contributed by atoms with Gasteiger partial charge in [0.1, 0.15) is 0 Å². The average Bonchev–Trinajstić information content (AvgIpc) is 2.26. The SMILES string of the molecule is CCCCCCC(O)Cc1cccnc1. The minimum Gasteiger partial charge on any atom is -0.393 e. The fraction of sp³-hybridized carbons (Fsp3) is 0.615. The molecule has 0 aliphatic rings. The van der Waals surface area contributed by atoms with Crippen molar-refractivity contribution in [3.8, 4) is 0 Å². The van der Waals surface area contributed by atoms with E-state index in [1.807, 2.05) is 18.3 Å². The van der Waals surface area contributed by atoms with Crippen LogP contribution in [0.25, 0.3) is 0 Å². The van der Waals surface area contributed by atoms with Crippen LogP contribution in [0.15, 0.2) is 24.5 Å². The van der Waals surface area contributed by atoms with E-state index in [9.17, 15) is 5.11 Å². The van der Waals surface area contributed by atoms with E-state index >= 15 is 0 Å². The molecular formula is C13H21NO. The Labute approximate surface area is 92.4 Å². The van der Waals surface area contributed by atoms with Gasteiger partial charge < -0.3 is 5.11 Å². The Morgan fingerprint density at radius 2 is 2.20 bits per heavy atom. The van der Waals surface area contributed by atoms with Crippen LogP contribution >= 0.6 is 0 Å². The van der Waals surface area contributed by atoms with E-state index in [4.69, 9.17) is 0 Å². The molecule has 0 aliphatic carbocycles. The molecule has 0 saturated heterocycles. The topological polar surface area (TPSA) is 33.1 Å². The number of nitrogens with zero attached hydrogens (tertiary/aromatic N) is 1. The second-order valence-corrected chi connectivity index (χ2v) is 4.07. The quantitative estimate of drug-likeness (QED) is 0.697. The van der Waals surface area contributed by atoms with Gasteiger partial charge in [-0.15, -0.1) is 0 Å². The number of aliphatic hydroxyl groups excluding tert-OH is 1. The standard InChI is InChI=1S/C13H21NO/c1-2-3-4-5-8-13(15)10-12-7-6-9-14-11-12/h6-7,9,11,13,15H,2-5,8,10H2,1H3. The van der Waals surface area contributed by atoms with Gasteiger partial charge in [0.25, 0.3) is 0 Å². The molecule has 2 nitrogen and oxygen atoms in total. The van der Waals surface area contributed by atoms with Gasteiger partial charge in [0.2, 0.25) is 0 Å². The van der Waals surface area contributed by atoms with Crippen LogP contribution < -0.4 is 0 Å². The predicted molar refractivity (Wildman–Crippen MR) is 62.7 cm³/mol. The smallest absolute Gasteiger partial charge is 0.0581 e. The van der Waals surface area contributed by atoms with Crippen LogP contribution in [0.4, 0.5) is 0 Å². The summed E-state index contributed by atoms with van der Waals surface area (Å²) in [4.78, 5) is 4.04. The number of aliphatic hydroxyl groups is 1. The Hall–Kier alpha value is -0.890. The average molecular weight is 207 g/mol. The van der Waals surface area contributed by atoms with Crippen molar-refractivity contribution in [3.05, 3.63) is 30.1 Å². The number of rotatable bonds is 7. The second-order valence-electron chi connectivity index (χ2n) is 4.07. The van der Waals surface area contributed by atoms with Crippen LogP contribution in [0, 0.1) is 0 Å². The van der Waals surface area contributed by atoms with Crippen LogP contribution in [-0.2, 0) is 6.42 Å². The Morgan fingerprint density at radius 3 is 2.87 bits per heavy atom. The van der Waals surface area contributed by atoms with Gasteiger partial charge in [-0.3, -0.25) is 4.98 Å². The monoisotopic (exact) mass is 207 g/mol. The van der Waals surface area contributed by atoms with Crippen molar-refractivity contribution in [2.45, 2.75) is 51.6 Å². The Balaban J connectivity index is 2.16. The highest BCUT2D eigenvalue weighted by Gasteiger charge is 2.04. The van der Waals surface area contributed by atoms with Gasteiger partial charge in [0.15, 0.2) is 0 Å². The molecule has 0 saturated carbocycles. The lowest BCUT2D eigenvalue weighted by Crippen LogP contribution is -2.10. The van der Waals surface area contributed by atoms with Crippen LogP contribution in [0.1, 0.15) is 44.6 Å². The minimum atomic E-state index is -0.203. The van der Waals surface area contributed by atoms with E-state index < -0.39 is 0 Å². The van der Waals surface area contributed by atoms with Gasteiger partial charge in [-0.25, -0.2) is 0 Å². The van der Waals surface area contributed by atoms with Crippen molar-refractivity contribution >= 4 is 0 Å². The first-order valence-corrected chi connectivity index (χ1v) is 5.90. The van der Waals surface area contributed by atoms with Gasteiger partial charge in [-0.1, -0.05) is 38.7 Å². The van der Waals surface area contributed by atoms with E-state index in [0.29, 0.717) is 0 Å². The molecular weight excluding hydrogens is 186 g/mol. The maximum absolute atomic E-state index is 9.77. The van der Waals surface area contributed by atoms with Gasteiger partial charge in [-0.2, -0.15) is 0 Å². The number of pyridine rings is 1. The molecule has 1 aromatic rings. The molecule has 0 fully saturated rings. The maximum atomic E-state index is 9.77. The number of hydrogen-bond acceptors (Lipinski definition) is 2. The summed E-state index contributed by atoms with van der Waals surface area (Å²) in [6, 6.07) is 3.93. The molecule has 1 aromatic heterocycles. The molecule has 1 unspecified atom stereocenters. The molecule has 0 spiro atoms. The molecule has 15 heavy (non-hydrogen) atoms. The molecule has 0 aromatic carbocycles. The van der Waals surface area contributed by atoms with Crippen molar-refractivity contribution in [1.82, 2.24) is 4.98 Å². The molecule has 1 rings (SSSR count). The molecule has 0 radical (unpaired) electrons. The fourth-order valence-corrected chi connectivity index (χ4v) is 1.70. The van der Waals surface area contributed by atoms with E-state index in [-0.39, 0.29) is 6.10 Å². The first-order chi connectivity index (χ1) is 7.33. The van der Waals surface area contributed by atoms with Crippen molar-refractivity contribution < 1.29 is 5.11 Å². The Bertz CT molecular complexity index is 248. The highest BCUT2D eigenvalue weighted by Crippen LogP contribution is 2.09. The highest BCUT2D eigenvalue weighted by molar-refractivity contribution is 5.09. The third kappa shape index (κ3) is 5.53. The van der Waals surface area contributed by atoms with E-state index in [2.05, 4.69) is 11.9 Å². The summed E-state index contributed by atoms with van der Waals surface area (Å²) in [7, 11) is 0. The van der Waals surface area contributed by atoms with E-state index in [1.165, 1.54) is 19.3 Å². The fourth-order valence-electron chi connectivity index (χ4n) is 1.70. The number of aromatic nitrogens is 1. The third-order valence-corrected chi connectivity index (χ3v) is 2.59. The molecule has 0 bridgehead atoms. The molecule has 2 heteroatoms. The lowest BCUT2D eigenvalue weighted by Gasteiger charge is -2.09.